The van der Waals surface area contributed by atoms with Crippen molar-refractivity contribution in [1.29, 1.82) is 0 Å². The summed E-state index contributed by atoms with van der Waals surface area (Å²) in [6.07, 6.45) is 0. The van der Waals surface area contributed by atoms with Crippen molar-refractivity contribution in [3.05, 3.63) is 63.4 Å². The molecule has 19 heavy (non-hydrogen) atoms. The quantitative estimate of drug-likeness (QED) is 0.623. The minimum Gasteiger partial charge on any atom is -0.267 e. The van der Waals surface area contributed by atoms with E-state index in [0.717, 1.165) is 22.3 Å². The molecular weight excluding hydrogens is 292 g/mol. The summed E-state index contributed by atoms with van der Waals surface area (Å²) in [7, 11) is 0. The molecule has 0 aliphatic carbocycles. The van der Waals surface area contributed by atoms with Gasteiger partial charge >= 0.3 is 0 Å². The standard InChI is InChI=1S/C13H6ClF2NOS/c14-11-8(15)5-6-9(12(11)16)17-13(18)7-3-1-2-4-10(7)19-17/h1-6H. The van der Waals surface area contributed by atoms with Gasteiger partial charge in [-0.15, -0.1) is 0 Å². The van der Waals surface area contributed by atoms with Crippen molar-refractivity contribution in [2.24, 2.45) is 0 Å². The lowest BCUT2D eigenvalue weighted by molar-refractivity contribution is 0.580. The molecule has 0 fully saturated rings. The highest BCUT2D eigenvalue weighted by molar-refractivity contribution is 7.14. The average molecular weight is 298 g/mol. The Labute approximate surface area is 115 Å². The number of nitrogens with zero attached hydrogens (tertiary/aromatic N) is 1. The van der Waals surface area contributed by atoms with Gasteiger partial charge in [-0.25, -0.2) is 12.7 Å². The van der Waals surface area contributed by atoms with Crippen LogP contribution in [-0.4, -0.2) is 3.96 Å². The molecule has 96 valence electrons. The smallest absolute Gasteiger partial charge is 0.267 e. The molecule has 0 aliphatic heterocycles. The fourth-order valence-electron chi connectivity index (χ4n) is 1.80. The summed E-state index contributed by atoms with van der Waals surface area (Å²) in [5.74, 6) is -1.78. The highest BCUT2D eigenvalue weighted by Gasteiger charge is 2.16. The molecule has 0 amide bonds. The lowest BCUT2D eigenvalue weighted by Gasteiger charge is -2.04. The summed E-state index contributed by atoms with van der Waals surface area (Å²) < 4.78 is 29.0. The predicted molar refractivity (Wildman–Crippen MR) is 72.3 cm³/mol. The minimum absolute atomic E-state index is 0.0439. The van der Waals surface area contributed by atoms with Crippen LogP contribution in [0.4, 0.5) is 8.78 Å². The van der Waals surface area contributed by atoms with Crippen LogP contribution in [0.25, 0.3) is 15.8 Å². The molecule has 0 spiro atoms. The Morgan fingerprint density at radius 2 is 1.84 bits per heavy atom. The van der Waals surface area contributed by atoms with Crippen molar-refractivity contribution < 1.29 is 8.78 Å². The highest BCUT2D eigenvalue weighted by Crippen LogP contribution is 2.27. The lowest BCUT2D eigenvalue weighted by Crippen LogP contribution is -2.12. The van der Waals surface area contributed by atoms with Gasteiger partial charge in [0.05, 0.1) is 15.8 Å². The van der Waals surface area contributed by atoms with Crippen LogP contribution in [0.5, 0.6) is 0 Å². The second kappa shape index (κ2) is 4.43. The lowest BCUT2D eigenvalue weighted by atomic mass is 10.2. The molecule has 0 unspecified atom stereocenters. The van der Waals surface area contributed by atoms with Gasteiger partial charge in [-0.1, -0.05) is 35.3 Å². The van der Waals surface area contributed by atoms with Gasteiger partial charge in [0.15, 0.2) is 5.82 Å². The third kappa shape index (κ3) is 1.86. The summed E-state index contributed by atoms with van der Waals surface area (Å²) in [5, 5.41) is -0.116. The maximum absolute atomic E-state index is 13.9. The first-order valence-corrected chi connectivity index (χ1v) is 6.49. The number of rotatable bonds is 1. The Morgan fingerprint density at radius 3 is 2.58 bits per heavy atom. The monoisotopic (exact) mass is 297 g/mol. The number of halogens is 3. The number of hydrogen-bond acceptors (Lipinski definition) is 2. The Morgan fingerprint density at radius 1 is 1.11 bits per heavy atom. The molecule has 0 saturated heterocycles. The molecule has 2 nitrogen and oxygen atoms in total. The maximum Gasteiger partial charge on any atom is 0.273 e. The van der Waals surface area contributed by atoms with Gasteiger partial charge in [-0.3, -0.25) is 4.79 Å². The predicted octanol–water partition coefficient (Wildman–Crippen LogP) is 3.98. The van der Waals surface area contributed by atoms with E-state index in [1.165, 1.54) is 10.0 Å². The Balaban J connectivity index is 2.34. The molecule has 0 bridgehead atoms. The zero-order chi connectivity index (χ0) is 13.6. The molecule has 0 N–H and O–H groups in total. The van der Waals surface area contributed by atoms with Crippen molar-refractivity contribution >= 4 is 33.2 Å². The van der Waals surface area contributed by atoms with E-state index in [0.29, 0.717) is 5.39 Å². The normalized spacial score (nSPS) is 11.1. The van der Waals surface area contributed by atoms with Crippen molar-refractivity contribution in [3.63, 3.8) is 0 Å². The zero-order valence-electron chi connectivity index (χ0n) is 9.36. The SMILES string of the molecule is O=c1c2ccccc2sn1-c1ccc(F)c(Cl)c1F. The van der Waals surface area contributed by atoms with Gasteiger partial charge in [0.1, 0.15) is 10.8 Å². The fourth-order valence-corrected chi connectivity index (χ4v) is 2.97. The van der Waals surface area contributed by atoms with E-state index in [9.17, 15) is 13.6 Å². The molecule has 2 aromatic carbocycles. The topological polar surface area (TPSA) is 22.0 Å². The van der Waals surface area contributed by atoms with Crippen molar-refractivity contribution in [1.82, 2.24) is 3.96 Å². The van der Waals surface area contributed by atoms with E-state index in [4.69, 9.17) is 11.6 Å². The first-order valence-electron chi connectivity index (χ1n) is 5.34. The van der Waals surface area contributed by atoms with Crippen LogP contribution in [0.1, 0.15) is 0 Å². The van der Waals surface area contributed by atoms with Gasteiger partial charge in [0.25, 0.3) is 5.56 Å². The molecule has 0 saturated carbocycles. The number of fused-ring (bicyclic) bond motifs is 1. The van der Waals surface area contributed by atoms with Gasteiger partial charge in [-0.05, 0) is 24.3 Å². The van der Waals surface area contributed by atoms with Crippen LogP contribution in [0.2, 0.25) is 5.02 Å². The molecule has 6 heteroatoms. The first kappa shape index (κ1) is 12.3. The Kier molecular flexibility index (Phi) is 2.88. The van der Waals surface area contributed by atoms with E-state index >= 15 is 0 Å². The van der Waals surface area contributed by atoms with Gasteiger partial charge in [0, 0.05) is 0 Å². The number of aromatic nitrogens is 1. The van der Waals surface area contributed by atoms with E-state index in [-0.39, 0.29) is 11.2 Å². The van der Waals surface area contributed by atoms with Gasteiger partial charge in [0.2, 0.25) is 0 Å². The summed E-state index contributed by atoms with van der Waals surface area (Å²) >= 11 is 6.61. The molecular formula is C13H6ClF2NOS. The molecule has 0 aliphatic rings. The summed E-state index contributed by atoms with van der Waals surface area (Å²) in [5.41, 5.74) is -0.389. The van der Waals surface area contributed by atoms with E-state index in [1.54, 1.807) is 24.3 Å². The molecule has 3 aromatic rings. The van der Waals surface area contributed by atoms with Gasteiger partial charge < -0.3 is 0 Å². The maximum atomic E-state index is 13.9. The zero-order valence-corrected chi connectivity index (χ0v) is 10.9. The highest BCUT2D eigenvalue weighted by atomic mass is 35.5. The van der Waals surface area contributed by atoms with E-state index in [2.05, 4.69) is 0 Å². The average Bonchev–Trinajstić information content (AvgIpc) is 2.74. The second-order valence-electron chi connectivity index (χ2n) is 3.88. The summed E-state index contributed by atoms with van der Waals surface area (Å²) in [4.78, 5) is 12.1. The minimum atomic E-state index is -0.935. The second-order valence-corrected chi connectivity index (χ2v) is 5.25. The molecule has 1 heterocycles. The molecule has 0 atom stereocenters. The Hall–Kier alpha value is -1.72. The van der Waals surface area contributed by atoms with Crippen molar-refractivity contribution in [2.75, 3.05) is 0 Å². The largest absolute Gasteiger partial charge is 0.273 e. The van der Waals surface area contributed by atoms with Crippen LogP contribution < -0.4 is 5.56 Å². The van der Waals surface area contributed by atoms with Crippen LogP contribution >= 0.6 is 23.1 Å². The van der Waals surface area contributed by atoms with E-state index < -0.39 is 16.7 Å². The number of hydrogen-bond donors (Lipinski definition) is 0. The number of benzene rings is 2. The van der Waals surface area contributed by atoms with Crippen molar-refractivity contribution in [3.8, 4) is 5.69 Å². The van der Waals surface area contributed by atoms with E-state index in [1.807, 2.05) is 0 Å². The third-order valence-corrected chi connectivity index (χ3v) is 4.17. The first-order chi connectivity index (χ1) is 9.09. The summed E-state index contributed by atoms with van der Waals surface area (Å²) in [6.45, 7) is 0. The van der Waals surface area contributed by atoms with Crippen LogP contribution in [0, 0.1) is 11.6 Å². The van der Waals surface area contributed by atoms with Crippen molar-refractivity contribution in [2.45, 2.75) is 0 Å². The third-order valence-electron chi connectivity index (χ3n) is 2.73. The molecule has 3 rings (SSSR count). The summed E-state index contributed by atoms with van der Waals surface area (Å²) in [6, 6.07) is 9.19. The van der Waals surface area contributed by atoms with Gasteiger partial charge in [-0.2, -0.15) is 0 Å². The molecule has 0 radical (unpaired) electrons. The van der Waals surface area contributed by atoms with Crippen LogP contribution in [0.15, 0.2) is 41.2 Å². The fraction of sp³-hybridized carbons (Fsp3) is 0. The Bertz CT molecular complexity index is 840. The van der Waals surface area contributed by atoms with Crippen LogP contribution in [0.3, 0.4) is 0 Å². The van der Waals surface area contributed by atoms with Crippen LogP contribution in [-0.2, 0) is 0 Å². The molecule has 1 aromatic heterocycles.